The number of ether oxygens (including phenoxy) is 2. The number of anilines is 1. The first-order chi connectivity index (χ1) is 16.6. The number of nitrogens with zero attached hydrogens (tertiary/aromatic N) is 3. The first-order valence-corrected chi connectivity index (χ1v) is 11.8. The number of amides is 1. The Morgan fingerprint density at radius 2 is 1.94 bits per heavy atom. The fourth-order valence-electron chi connectivity index (χ4n) is 4.91. The summed E-state index contributed by atoms with van der Waals surface area (Å²) >= 11 is 0. The Morgan fingerprint density at radius 1 is 1.15 bits per heavy atom. The molecule has 178 valence electrons. The van der Waals surface area contributed by atoms with Crippen LogP contribution in [0.25, 0.3) is 11.1 Å². The maximum absolute atomic E-state index is 14.6. The van der Waals surface area contributed by atoms with E-state index in [1.54, 1.807) is 23.1 Å². The van der Waals surface area contributed by atoms with Gasteiger partial charge in [0.1, 0.15) is 5.75 Å². The fraction of sp³-hybridized carbons (Fsp3) is 0.385. The summed E-state index contributed by atoms with van der Waals surface area (Å²) in [6, 6.07) is 10.5. The summed E-state index contributed by atoms with van der Waals surface area (Å²) in [4.78, 5) is 14.2. The van der Waals surface area contributed by atoms with Crippen LogP contribution in [0.15, 0.2) is 48.8 Å². The van der Waals surface area contributed by atoms with Crippen molar-refractivity contribution < 1.29 is 18.7 Å². The van der Waals surface area contributed by atoms with Crippen LogP contribution in [0.4, 0.5) is 14.9 Å². The Morgan fingerprint density at radius 3 is 2.71 bits per heavy atom. The van der Waals surface area contributed by atoms with Crippen molar-refractivity contribution in [2.45, 2.75) is 44.7 Å². The number of piperidine rings is 1. The van der Waals surface area contributed by atoms with Gasteiger partial charge in [0.2, 0.25) is 0 Å². The van der Waals surface area contributed by atoms with E-state index in [0.29, 0.717) is 18.2 Å². The van der Waals surface area contributed by atoms with Crippen molar-refractivity contribution >= 4 is 11.8 Å². The number of hydrogen-bond donors (Lipinski definition) is 1. The Bertz CT molecular complexity index is 1190. The lowest BCUT2D eigenvalue weighted by atomic mass is 9.92. The van der Waals surface area contributed by atoms with Crippen molar-refractivity contribution in [3.63, 3.8) is 0 Å². The lowest BCUT2D eigenvalue weighted by molar-refractivity contribution is 0.175. The molecule has 0 radical (unpaired) electrons. The number of nitrogens with one attached hydrogen (secondary N) is 1. The molecular weight excluding hydrogens is 435 g/mol. The topological polar surface area (TPSA) is 68.6 Å². The number of aromatic nitrogens is 2. The van der Waals surface area contributed by atoms with E-state index in [9.17, 15) is 9.18 Å². The van der Waals surface area contributed by atoms with Crippen LogP contribution in [0.1, 0.15) is 37.8 Å². The highest BCUT2D eigenvalue weighted by Crippen LogP contribution is 2.45. The molecule has 34 heavy (non-hydrogen) atoms. The molecule has 0 aliphatic carbocycles. The standard InChI is InChI=1S/C26H29FN4O3/c1-17-7-8-21-23(31(17)26(32)33-2)10-9-20(25(21)34-24-6-4-3-5-22(24)27)18-15-29-30(16-18)19-11-13-28-14-12-19/h3-6,9-10,15-17,19,28H,7-8,11-14H2,1-2H3. The minimum Gasteiger partial charge on any atom is -0.453 e. The second-order valence-corrected chi connectivity index (χ2v) is 8.89. The quantitative estimate of drug-likeness (QED) is 0.567. The van der Waals surface area contributed by atoms with E-state index in [1.807, 2.05) is 36.1 Å². The number of para-hydroxylation sites is 1. The van der Waals surface area contributed by atoms with Gasteiger partial charge in [0.25, 0.3) is 0 Å². The molecule has 2 aliphatic rings. The molecule has 3 aromatic rings. The van der Waals surface area contributed by atoms with Crippen LogP contribution in [0.2, 0.25) is 0 Å². The molecule has 1 fully saturated rings. The van der Waals surface area contributed by atoms with Crippen molar-refractivity contribution in [3.05, 3.63) is 60.2 Å². The monoisotopic (exact) mass is 464 g/mol. The van der Waals surface area contributed by atoms with Crippen LogP contribution < -0.4 is 15.0 Å². The molecule has 0 spiro atoms. The van der Waals surface area contributed by atoms with Gasteiger partial charge in [-0.05, 0) is 70.0 Å². The van der Waals surface area contributed by atoms with Gasteiger partial charge in [-0.15, -0.1) is 0 Å². The third kappa shape index (κ3) is 4.14. The van der Waals surface area contributed by atoms with Crippen LogP contribution >= 0.6 is 0 Å². The summed E-state index contributed by atoms with van der Waals surface area (Å²) in [5, 5.41) is 8.02. The maximum Gasteiger partial charge on any atom is 0.414 e. The Hall–Kier alpha value is -3.39. The second kappa shape index (κ2) is 9.46. The molecular formula is C26H29FN4O3. The zero-order valence-electron chi connectivity index (χ0n) is 19.5. The second-order valence-electron chi connectivity index (χ2n) is 8.89. The fourth-order valence-corrected chi connectivity index (χ4v) is 4.91. The highest BCUT2D eigenvalue weighted by atomic mass is 19.1. The molecule has 5 rings (SSSR count). The van der Waals surface area contributed by atoms with Crippen LogP contribution in [0.3, 0.4) is 0 Å². The molecule has 2 aliphatic heterocycles. The third-order valence-electron chi connectivity index (χ3n) is 6.76. The predicted molar refractivity (Wildman–Crippen MR) is 128 cm³/mol. The lowest BCUT2D eigenvalue weighted by Crippen LogP contribution is -2.42. The minimum atomic E-state index is -0.439. The highest BCUT2D eigenvalue weighted by Gasteiger charge is 2.32. The van der Waals surface area contributed by atoms with Crippen LogP contribution in [0.5, 0.6) is 11.5 Å². The number of carbonyl (C=O) groups excluding carboxylic acids is 1. The first kappa shape index (κ1) is 22.4. The van der Waals surface area contributed by atoms with E-state index >= 15 is 0 Å². The molecule has 3 heterocycles. The Kier molecular flexibility index (Phi) is 6.24. The number of fused-ring (bicyclic) bond motifs is 1. The number of halogens is 1. The molecule has 2 aromatic carbocycles. The molecule has 1 atom stereocenters. The van der Waals surface area contributed by atoms with Gasteiger partial charge in [-0.2, -0.15) is 5.10 Å². The number of benzene rings is 2. The van der Waals surface area contributed by atoms with Gasteiger partial charge in [0.05, 0.1) is 25.0 Å². The number of carbonyl (C=O) groups is 1. The predicted octanol–water partition coefficient (Wildman–Crippen LogP) is 5.31. The van der Waals surface area contributed by atoms with Crippen LogP contribution in [0, 0.1) is 5.82 Å². The summed E-state index contributed by atoms with van der Waals surface area (Å²) < 4.78 is 27.9. The summed E-state index contributed by atoms with van der Waals surface area (Å²) in [5.74, 6) is 0.254. The summed E-state index contributed by atoms with van der Waals surface area (Å²) in [6.07, 6.45) is 6.94. The van der Waals surface area contributed by atoms with Gasteiger partial charge < -0.3 is 14.8 Å². The van der Waals surface area contributed by atoms with Crippen molar-refractivity contribution in [1.29, 1.82) is 0 Å². The average molecular weight is 465 g/mol. The number of rotatable bonds is 4. The molecule has 8 heteroatoms. The first-order valence-electron chi connectivity index (χ1n) is 11.8. The van der Waals surface area contributed by atoms with E-state index in [-0.39, 0.29) is 11.8 Å². The Balaban J connectivity index is 1.61. The maximum atomic E-state index is 14.6. The SMILES string of the molecule is COC(=O)N1c2ccc(-c3cnn(C4CCNCC4)c3)c(Oc3ccccc3F)c2CCC1C. The van der Waals surface area contributed by atoms with Crippen molar-refractivity contribution in [3.8, 4) is 22.6 Å². The number of methoxy groups -OCH3 is 1. The third-order valence-corrected chi connectivity index (χ3v) is 6.76. The zero-order valence-corrected chi connectivity index (χ0v) is 19.5. The van der Waals surface area contributed by atoms with Gasteiger partial charge in [-0.3, -0.25) is 9.58 Å². The van der Waals surface area contributed by atoms with Gasteiger partial charge >= 0.3 is 6.09 Å². The van der Waals surface area contributed by atoms with Crippen molar-refractivity contribution in [1.82, 2.24) is 15.1 Å². The van der Waals surface area contributed by atoms with E-state index < -0.39 is 11.9 Å². The van der Waals surface area contributed by atoms with Crippen molar-refractivity contribution in [2.75, 3.05) is 25.1 Å². The molecule has 0 saturated carbocycles. The Labute approximate surface area is 198 Å². The summed E-state index contributed by atoms with van der Waals surface area (Å²) in [5.41, 5.74) is 3.31. The molecule has 0 bridgehead atoms. The summed E-state index contributed by atoms with van der Waals surface area (Å²) in [7, 11) is 1.38. The van der Waals surface area contributed by atoms with Gasteiger partial charge in [-0.25, -0.2) is 9.18 Å². The van der Waals surface area contributed by atoms with Crippen LogP contribution in [-0.4, -0.2) is 42.1 Å². The molecule has 1 unspecified atom stereocenters. The van der Waals surface area contributed by atoms with Gasteiger partial charge in [-0.1, -0.05) is 12.1 Å². The molecule has 1 N–H and O–H groups in total. The van der Waals surface area contributed by atoms with E-state index in [1.165, 1.54) is 13.2 Å². The van der Waals surface area contributed by atoms with Gasteiger partial charge in [0, 0.05) is 28.9 Å². The van der Waals surface area contributed by atoms with E-state index in [0.717, 1.165) is 54.7 Å². The number of hydrogen-bond acceptors (Lipinski definition) is 5. The van der Waals surface area contributed by atoms with Gasteiger partial charge in [0.15, 0.2) is 11.6 Å². The normalized spacial score (nSPS) is 18.4. The van der Waals surface area contributed by atoms with E-state index in [4.69, 9.17) is 9.47 Å². The zero-order chi connectivity index (χ0) is 23.7. The van der Waals surface area contributed by atoms with E-state index in [2.05, 4.69) is 10.4 Å². The van der Waals surface area contributed by atoms with Crippen molar-refractivity contribution in [2.24, 2.45) is 0 Å². The average Bonchev–Trinajstić information content (AvgIpc) is 3.35. The molecule has 1 aromatic heterocycles. The smallest absolute Gasteiger partial charge is 0.414 e. The van der Waals surface area contributed by atoms with Crippen LogP contribution in [-0.2, 0) is 11.2 Å². The summed E-state index contributed by atoms with van der Waals surface area (Å²) in [6.45, 7) is 3.94. The lowest BCUT2D eigenvalue weighted by Gasteiger charge is -2.35. The molecule has 7 nitrogen and oxygen atoms in total. The highest BCUT2D eigenvalue weighted by molar-refractivity contribution is 5.92. The molecule has 1 saturated heterocycles. The largest absolute Gasteiger partial charge is 0.453 e. The minimum absolute atomic E-state index is 0.0187. The molecule has 1 amide bonds.